The number of quaternary nitrogens is 1. The lowest BCUT2D eigenvalue weighted by molar-refractivity contribution is -0.709. The van der Waals surface area contributed by atoms with Gasteiger partial charge in [-0.15, -0.1) is 0 Å². The first kappa shape index (κ1) is 23.5. The van der Waals surface area contributed by atoms with E-state index in [9.17, 15) is 9.59 Å². The SMILES string of the molecule is CCOc1ccc([C@H](C)[NH2+][C@H](C)C(=O)c2[nH]c(C)c(C(=O)OC)c2C)cc1OCC. The molecule has 164 valence electrons. The molecule has 2 atom stereocenters. The Hall–Kier alpha value is -2.80. The molecule has 1 aromatic heterocycles. The summed E-state index contributed by atoms with van der Waals surface area (Å²) in [5.74, 6) is 0.915. The van der Waals surface area contributed by atoms with Gasteiger partial charge in [-0.25, -0.2) is 4.79 Å². The number of nitrogens with one attached hydrogen (secondary N) is 1. The van der Waals surface area contributed by atoms with E-state index in [2.05, 4.69) is 4.98 Å². The van der Waals surface area contributed by atoms with Crippen LogP contribution >= 0.6 is 0 Å². The number of benzene rings is 1. The fraction of sp³-hybridized carbons (Fsp3) is 0.478. The second-order valence-corrected chi connectivity index (χ2v) is 7.32. The summed E-state index contributed by atoms with van der Waals surface area (Å²) in [5.41, 5.74) is 3.17. The molecular formula is C23H33N2O5+. The summed E-state index contributed by atoms with van der Waals surface area (Å²) < 4.78 is 16.2. The fourth-order valence-electron chi connectivity index (χ4n) is 3.61. The van der Waals surface area contributed by atoms with Gasteiger partial charge in [-0.2, -0.15) is 0 Å². The van der Waals surface area contributed by atoms with E-state index in [1.54, 1.807) is 13.8 Å². The smallest absolute Gasteiger partial charge is 0.339 e. The number of hydrogen-bond acceptors (Lipinski definition) is 5. The highest BCUT2D eigenvalue weighted by Gasteiger charge is 2.28. The number of hydrogen-bond donors (Lipinski definition) is 2. The average molecular weight is 418 g/mol. The van der Waals surface area contributed by atoms with Gasteiger partial charge in [0.15, 0.2) is 11.5 Å². The van der Waals surface area contributed by atoms with Crippen LogP contribution in [0.1, 0.15) is 71.4 Å². The normalized spacial score (nSPS) is 12.9. The number of nitrogens with two attached hydrogens (primary N) is 1. The third-order valence-corrected chi connectivity index (χ3v) is 5.16. The van der Waals surface area contributed by atoms with Gasteiger partial charge in [0.05, 0.1) is 31.6 Å². The number of carbonyl (C=O) groups excluding carboxylic acids is 2. The van der Waals surface area contributed by atoms with Gasteiger partial charge in [-0.3, -0.25) is 4.79 Å². The lowest BCUT2D eigenvalue weighted by Gasteiger charge is -2.18. The molecule has 0 bridgehead atoms. The van der Waals surface area contributed by atoms with Crippen LogP contribution in [0, 0.1) is 13.8 Å². The first-order valence-corrected chi connectivity index (χ1v) is 10.3. The monoisotopic (exact) mass is 417 g/mol. The first-order chi connectivity index (χ1) is 14.2. The van der Waals surface area contributed by atoms with E-state index < -0.39 is 5.97 Å². The largest absolute Gasteiger partial charge is 0.490 e. The molecule has 0 saturated heterocycles. The minimum Gasteiger partial charge on any atom is -0.490 e. The van der Waals surface area contributed by atoms with Gasteiger partial charge >= 0.3 is 5.97 Å². The predicted octanol–water partition coefficient (Wildman–Crippen LogP) is 3.11. The molecule has 1 aromatic carbocycles. The summed E-state index contributed by atoms with van der Waals surface area (Å²) >= 11 is 0. The lowest BCUT2D eigenvalue weighted by atomic mass is 10.0. The molecule has 0 aliphatic heterocycles. The van der Waals surface area contributed by atoms with Crippen molar-refractivity contribution in [3.05, 3.63) is 46.3 Å². The van der Waals surface area contributed by atoms with Crippen LogP contribution in [-0.4, -0.2) is 43.1 Å². The van der Waals surface area contributed by atoms with Crippen LogP contribution in [0.5, 0.6) is 11.5 Å². The van der Waals surface area contributed by atoms with Crippen molar-refractivity contribution < 1.29 is 29.1 Å². The molecule has 30 heavy (non-hydrogen) atoms. The van der Waals surface area contributed by atoms with E-state index in [1.165, 1.54) is 7.11 Å². The molecule has 7 heteroatoms. The maximum atomic E-state index is 13.1. The number of methoxy groups -OCH3 is 1. The number of carbonyl (C=O) groups is 2. The Bertz CT molecular complexity index is 903. The molecule has 0 unspecified atom stereocenters. The van der Waals surface area contributed by atoms with E-state index in [0.29, 0.717) is 47.2 Å². The lowest BCUT2D eigenvalue weighted by Crippen LogP contribution is -2.91. The van der Waals surface area contributed by atoms with Crippen molar-refractivity contribution in [2.75, 3.05) is 20.3 Å². The van der Waals surface area contributed by atoms with Gasteiger partial charge in [0.1, 0.15) is 12.1 Å². The van der Waals surface area contributed by atoms with Crippen molar-refractivity contribution in [1.82, 2.24) is 4.98 Å². The second kappa shape index (κ2) is 10.3. The maximum absolute atomic E-state index is 13.1. The fourth-order valence-corrected chi connectivity index (χ4v) is 3.61. The highest BCUT2D eigenvalue weighted by atomic mass is 16.5. The Morgan fingerprint density at radius 2 is 1.70 bits per heavy atom. The Labute approximate surface area is 178 Å². The number of aryl methyl sites for hydroxylation is 1. The molecule has 0 radical (unpaired) electrons. The first-order valence-electron chi connectivity index (χ1n) is 10.3. The van der Waals surface area contributed by atoms with Crippen molar-refractivity contribution in [1.29, 1.82) is 0 Å². The Morgan fingerprint density at radius 1 is 1.07 bits per heavy atom. The summed E-state index contributed by atoms with van der Waals surface area (Å²) in [6.07, 6.45) is 0. The van der Waals surface area contributed by atoms with E-state index in [-0.39, 0.29) is 17.9 Å². The number of H-pyrrole nitrogens is 1. The van der Waals surface area contributed by atoms with Gasteiger partial charge in [0.25, 0.3) is 0 Å². The summed E-state index contributed by atoms with van der Waals surface area (Å²) in [6, 6.07) is 5.54. The predicted molar refractivity (Wildman–Crippen MR) is 115 cm³/mol. The number of esters is 1. The number of ketones is 1. The molecule has 0 saturated carbocycles. The Morgan fingerprint density at radius 3 is 2.30 bits per heavy atom. The quantitative estimate of drug-likeness (QED) is 0.458. The van der Waals surface area contributed by atoms with Crippen molar-refractivity contribution in [3.63, 3.8) is 0 Å². The zero-order valence-corrected chi connectivity index (χ0v) is 18.9. The standard InChI is InChI=1S/C23H32N2O5/c1-8-29-18-11-10-17(12-19(18)30-9-2)14(4)24-16(6)22(26)21-13(3)20(15(5)25-21)23(27)28-7/h10-12,14,16,24-25H,8-9H2,1-7H3/p+1/t14-,16+/m0/s1. The molecule has 0 spiro atoms. The van der Waals surface area contributed by atoms with Gasteiger partial charge in [0, 0.05) is 11.3 Å². The number of aromatic nitrogens is 1. The van der Waals surface area contributed by atoms with E-state index in [0.717, 1.165) is 5.56 Å². The highest BCUT2D eigenvalue weighted by Crippen LogP contribution is 2.30. The van der Waals surface area contributed by atoms with Crippen LogP contribution in [0.4, 0.5) is 0 Å². The number of aromatic amines is 1. The minimum atomic E-state index is -0.442. The zero-order valence-electron chi connectivity index (χ0n) is 18.9. The maximum Gasteiger partial charge on any atom is 0.339 e. The molecule has 3 N–H and O–H groups in total. The second-order valence-electron chi connectivity index (χ2n) is 7.32. The minimum absolute atomic E-state index is 0.0234. The van der Waals surface area contributed by atoms with Crippen molar-refractivity contribution in [3.8, 4) is 11.5 Å². The third kappa shape index (κ3) is 5.02. The molecule has 0 aliphatic rings. The summed E-state index contributed by atoms with van der Waals surface area (Å²) in [5, 5.41) is 2.00. The van der Waals surface area contributed by atoms with Crippen LogP contribution < -0.4 is 14.8 Å². The van der Waals surface area contributed by atoms with Crippen LogP contribution in [0.25, 0.3) is 0 Å². The molecule has 0 amide bonds. The Kier molecular flexibility index (Phi) is 8.06. The third-order valence-electron chi connectivity index (χ3n) is 5.16. The summed E-state index contributed by atoms with van der Waals surface area (Å²) in [6.45, 7) is 12.4. The van der Waals surface area contributed by atoms with Crippen molar-refractivity contribution >= 4 is 11.8 Å². The van der Waals surface area contributed by atoms with Crippen LogP contribution in [-0.2, 0) is 4.74 Å². The Balaban J connectivity index is 2.19. The van der Waals surface area contributed by atoms with Crippen molar-refractivity contribution in [2.24, 2.45) is 0 Å². The van der Waals surface area contributed by atoms with Gasteiger partial charge < -0.3 is 24.5 Å². The van der Waals surface area contributed by atoms with Crippen LogP contribution in [0.15, 0.2) is 18.2 Å². The van der Waals surface area contributed by atoms with Gasteiger partial charge in [-0.05, 0) is 65.3 Å². The number of rotatable bonds is 10. The summed E-state index contributed by atoms with van der Waals surface area (Å²) in [7, 11) is 1.33. The molecule has 2 rings (SSSR count). The molecule has 2 aromatic rings. The van der Waals surface area contributed by atoms with Gasteiger partial charge in [-0.1, -0.05) is 0 Å². The van der Waals surface area contributed by atoms with Crippen LogP contribution in [0.3, 0.4) is 0 Å². The zero-order chi connectivity index (χ0) is 22.4. The number of ether oxygens (including phenoxy) is 3. The van der Waals surface area contributed by atoms with Gasteiger partial charge in [0.2, 0.25) is 5.78 Å². The molecule has 0 aliphatic carbocycles. The number of Topliss-reactive ketones (excluding diaryl/α,β-unsaturated/α-hetero) is 1. The molecular weight excluding hydrogens is 384 g/mol. The molecule has 0 fully saturated rings. The molecule has 7 nitrogen and oxygen atoms in total. The summed E-state index contributed by atoms with van der Waals surface area (Å²) in [4.78, 5) is 28.1. The average Bonchev–Trinajstić information content (AvgIpc) is 3.02. The topological polar surface area (TPSA) is 94.2 Å². The van der Waals surface area contributed by atoms with E-state index >= 15 is 0 Å². The molecule has 1 heterocycles. The van der Waals surface area contributed by atoms with E-state index in [1.807, 2.05) is 51.2 Å². The highest BCUT2D eigenvalue weighted by molar-refractivity contribution is 6.03. The van der Waals surface area contributed by atoms with Crippen LogP contribution in [0.2, 0.25) is 0 Å². The van der Waals surface area contributed by atoms with E-state index in [4.69, 9.17) is 14.2 Å². The van der Waals surface area contributed by atoms with Crippen molar-refractivity contribution in [2.45, 2.75) is 53.6 Å².